The molecule has 0 atom stereocenters. The van der Waals surface area contributed by atoms with E-state index < -0.39 is 30.2 Å². The van der Waals surface area contributed by atoms with Crippen molar-refractivity contribution in [1.29, 1.82) is 0 Å². The van der Waals surface area contributed by atoms with Gasteiger partial charge in [0.05, 0.1) is 0 Å². The monoisotopic (exact) mass is 318 g/mol. The number of likely N-dealkylation sites (N-methyl/N-ethyl adjacent to an activating group) is 1. The van der Waals surface area contributed by atoms with E-state index in [0.29, 0.717) is 18.8 Å². The summed E-state index contributed by atoms with van der Waals surface area (Å²) in [6.45, 7) is 0.837. The highest BCUT2D eigenvalue weighted by Gasteiger charge is 2.68. The molecule has 4 nitrogen and oxygen atoms in total. The number of amides is 3. The molecule has 124 valence electrons. The summed E-state index contributed by atoms with van der Waals surface area (Å²) in [4.78, 5) is 26.1. The maximum Gasteiger partial charge on any atom is 0.406 e. The molecule has 2 spiro atoms. The molecule has 2 aliphatic carbocycles. The van der Waals surface area contributed by atoms with Crippen LogP contribution in [0, 0.1) is 11.3 Å². The molecular weight excluding hydrogens is 297 g/mol. The number of carbonyl (C=O) groups is 2. The van der Waals surface area contributed by atoms with E-state index in [4.69, 9.17) is 0 Å². The van der Waals surface area contributed by atoms with Crippen molar-refractivity contribution in [2.75, 3.05) is 13.6 Å². The number of rotatable bonds is 1. The fraction of sp³-hybridized carbons (Fsp3) is 0.867. The van der Waals surface area contributed by atoms with E-state index >= 15 is 0 Å². The Morgan fingerprint density at radius 1 is 1.18 bits per heavy atom. The predicted octanol–water partition coefficient (Wildman–Crippen LogP) is 3.17. The molecule has 2 saturated carbocycles. The van der Waals surface area contributed by atoms with Gasteiger partial charge in [0, 0.05) is 7.05 Å². The second-order valence-corrected chi connectivity index (χ2v) is 7.42. The van der Waals surface area contributed by atoms with Crippen molar-refractivity contribution >= 4 is 11.9 Å². The van der Waals surface area contributed by atoms with E-state index in [1.165, 1.54) is 7.05 Å². The lowest BCUT2D eigenvalue weighted by Crippen LogP contribution is -2.65. The van der Waals surface area contributed by atoms with Crippen molar-refractivity contribution in [3.63, 3.8) is 0 Å². The van der Waals surface area contributed by atoms with Gasteiger partial charge in [-0.1, -0.05) is 19.8 Å². The van der Waals surface area contributed by atoms with Gasteiger partial charge in [-0.15, -0.1) is 0 Å². The van der Waals surface area contributed by atoms with E-state index in [-0.39, 0.29) is 5.41 Å². The normalized spacial score (nSPS) is 39.0. The largest absolute Gasteiger partial charge is 0.406 e. The highest BCUT2D eigenvalue weighted by Crippen LogP contribution is 2.61. The van der Waals surface area contributed by atoms with Crippen LogP contribution in [0.4, 0.5) is 18.0 Å². The molecule has 1 saturated heterocycles. The van der Waals surface area contributed by atoms with Gasteiger partial charge in [0.2, 0.25) is 0 Å². The molecule has 3 rings (SSSR count). The Balaban J connectivity index is 1.82. The molecule has 7 heteroatoms. The third-order valence-corrected chi connectivity index (χ3v) is 5.74. The quantitative estimate of drug-likeness (QED) is 0.697. The Kier molecular flexibility index (Phi) is 3.28. The summed E-state index contributed by atoms with van der Waals surface area (Å²) in [5, 5.41) is 0. The summed E-state index contributed by atoms with van der Waals surface area (Å²) in [6, 6.07) is -0.818. The van der Waals surface area contributed by atoms with Gasteiger partial charge in [-0.25, -0.2) is 4.79 Å². The van der Waals surface area contributed by atoms with Gasteiger partial charge in [-0.05, 0) is 37.0 Å². The Morgan fingerprint density at radius 3 is 2.23 bits per heavy atom. The Labute approximate surface area is 127 Å². The molecule has 0 bridgehead atoms. The molecular formula is C15H21F3N2O2. The highest BCUT2D eigenvalue weighted by molar-refractivity contribution is 6.07. The van der Waals surface area contributed by atoms with Gasteiger partial charge >= 0.3 is 12.2 Å². The van der Waals surface area contributed by atoms with Crippen molar-refractivity contribution in [3.8, 4) is 0 Å². The fourth-order valence-electron chi connectivity index (χ4n) is 4.54. The number of hydrogen-bond acceptors (Lipinski definition) is 2. The SMILES string of the molecule is CC1CCC2(CC1)CC1(C2)C(=O)N(C)C(=O)N1CC(F)(F)F. The van der Waals surface area contributed by atoms with Crippen molar-refractivity contribution < 1.29 is 22.8 Å². The average molecular weight is 318 g/mol. The first-order chi connectivity index (χ1) is 10.1. The van der Waals surface area contributed by atoms with Gasteiger partial charge < -0.3 is 4.90 Å². The van der Waals surface area contributed by atoms with Gasteiger partial charge in [-0.3, -0.25) is 9.69 Å². The Morgan fingerprint density at radius 2 is 1.73 bits per heavy atom. The van der Waals surface area contributed by atoms with Crippen LogP contribution in [-0.4, -0.2) is 47.0 Å². The standard InChI is InChI=1S/C15H21F3N2O2/c1-10-3-5-13(6-4-10)7-14(8-13)11(21)19(2)12(22)20(14)9-15(16,17)18/h10H,3-9H2,1-2H3. The maximum atomic E-state index is 12.8. The van der Waals surface area contributed by atoms with Crippen molar-refractivity contribution in [2.24, 2.45) is 11.3 Å². The van der Waals surface area contributed by atoms with Crippen LogP contribution >= 0.6 is 0 Å². The zero-order valence-corrected chi connectivity index (χ0v) is 12.9. The molecule has 0 radical (unpaired) electrons. The minimum atomic E-state index is -4.49. The Hall–Kier alpha value is -1.27. The summed E-state index contributed by atoms with van der Waals surface area (Å²) >= 11 is 0. The molecule has 0 aromatic rings. The smallest absolute Gasteiger partial charge is 0.300 e. The molecule has 0 aromatic carbocycles. The highest BCUT2D eigenvalue weighted by atomic mass is 19.4. The number of halogens is 3. The summed E-state index contributed by atoms with van der Waals surface area (Å²) in [7, 11) is 1.27. The molecule has 0 unspecified atom stereocenters. The van der Waals surface area contributed by atoms with Crippen LogP contribution in [0.2, 0.25) is 0 Å². The van der Waals surface area contributed by atoms with Crippen molar-refractivity contribution in [3.05, 3.63) is 0 Å². The number of imide groups is 1. The summed E-state index contributed by atoms with van der Waals surface area (Å²) in [5.74, 6) is 0.169. The minimum absolute atomic E-state index is 0.0442. The fourth-order valence-corrected chi connectivity index (χ4v) is 4.54. The summed E-state index contributed by atoms with van der Waals surface area (Å²) in [6.07, 6.45) is 0.274. The first kappa shape index (κ1) is 15.6. The van der Waals surface area contributed by atoms with Gasteiger partial charge in [0.25, 0.3) is 5.91 Å². The first-order valence-electron chi connectivity index (χ1n) is 7.75. The third kappa shape index (κ3) is 2.20. The lowest BCUT2D eigenvalue weighted by atomic mass is 9.50. The van der Waals surface area contributed by atoms with E-state index in [2.05, 4.69) is 6.92 Å². The third-order valence-electron chi connectivity index (χ3n) is 5.74. The van der Waals surface area contributed by atoms with Crippen LogP contribution < -0.4 is 0 Å². The van der Waals surface area contributed by atoms with Crippen LogP contribution in [0.5, 0.6) is 0 Å². The predicted molar refractivity (Wildman–Crippen MR) is 73.0 cm³/mol. The second kappa shape index (κ2) is 4.61. The number of nitrogens with zero attached hydrogens (tertiary/aromatic N) is 2. The molecule has 0 N–H and O–H groups in total. The zero-order chi connectivity index (χ0) is 16.3. The number of alkyl halides is 3. The number of hydrogen-bond donors (Lipinski definition) is 0. The van der Waals surface area contributed by atoms with Crippen molar-refractivity contribution in [1.82, 2.24) is 9.80 Å². The van der Waals surface area contributed by atoms with Crippen LogP contribution in [0.1, 0.15) is 45.4 Å². The van der Waals surface area contributed by atoms with Crippen LogP contribution in [0.3, 0.4) is 0 Å². The van der Waals surface area contributed by atoms with E-state index in [0.717, 1.165) is 35.5 Å². The topological polar surface area (TPSA) is 40.6 Å². The molecule has 0 aromatic heterocycles. The second-order valence-electron chi connectivity index (χ2n) is 7.42. The van der Waals surface area contributed by atoms with Gasteiger partial charge in [-0.2, -0.15) is 13.2 Å². The summed E-state index contributed by atoms with van der Waals surface area (Å²) in [5.41, 5.74) is -1.29. The van der Waals surface area contributed by atoms with E-state index in [9.17, 15) is 22.8 Å². The van der Waals surface area contributed by atoms with E-state index in [1.807, 2.05) is 0 Å². The van der Waals surface area contributed by atoms with Gasteiger partial charge in [0.1, 0.15) is 12.1 Å². The number of carbonyl (C=O) groups excluding carboxylic acids is 2. The first-order valence-corrected chi connectivity index (χ1v) is 7.75. The molecule has 3 amide bonds. The summed E-state index contributed by atoms with van der Waals surface area (Å²) < 4.78 is 38.4. The lowest BCUT2D eigenvalue weighted by Gasteiger charge is -2.58. The number of urea groups is 1. The Bertz CT molecular complexity index is 501. The van der Waals surface area contributed by atoms with Crippen LogP contribution in [0.15, 0.2) is 0 Å². The van der Waals surface area contributed by atoms with Crippen LogP contribution in [-0.2, 0) is 4.79 Å². The molecule has 3 fully saturated rings. The lowest BCUT2D eigenvalue weighted by molar-refractivity contribution is -0.173. The molecule has 22 heavy (non-hydrogen) atoms. The zero-order valence-electron chi connectivity index (χ0n) is 12.9. The van der Waals surface area contributed by atoms with Crippen LogP contribution in [0.25, 0.3) is 0 Å². The minimum Gasteiger partial charge on any atom is -0.300 e. The average Bonchev–Trinajstić information content (AvgIpc) is 2.55. The molecule has 3 aliphatic rings. The van der Waals surface area contributed by atoms with E-state index in [1.54, 1.807) is 0 Å². The molecule has 1 aliphatic heterocycles. The maximum absolute atomic E-state index is 12.8. The van der Waals surface area contributed by atoms with Gasteiger partial charge in [0.15, 0.2) is 0 Å². The molecule has 1 heterocycles. The van der Waals surface area contributed by atoms with Crippen molar-refractivity contribution in [2.45, 2.75) is 57.2 Å².